The van der Waals surface area contributed by atoms with Crippen LogP contribution < -0.4 is 14.8 Å². The molecule has 0 spiro atoms. The summed E-state index contributed by atoms with van der Waals surface area (Å²) in [6, 6.07) is 7.69. The van der Waals surface area contributed by atoms with Gasteiger partial charge in [0.1, 0.15) is 16.0 Å². The lowest BCUT2D eigenvalue weighted by Gasteiger charge is -2.12. The number of anilines is 1. The van der Waals surface area contributed by atoms with Gasteiger partial charge in [-0.25, -0.2) is 9.59 Å². The number of aryl methyl sites for hydroxylation is 1. The van der Waals surface area contributed by atoms with Crippen LogP contribution in [0.5, 0.6) is 11.5 Å². The molecule has 0 heterocycles. The second kappa shape index (κ2) is 9.92. The number of carbonyl (C=O) groups excluding carboxylic acids is 3. The number of hydrogen-bond donors (Lipinski definition) is 1. The lowest BCUT2D eigenvalue weighted by atomic mass is 10.1. The van der Waals surface area contributed by atoms with Gasteiger partial charge in [-0.05, 0) is 52.7 Å². The van der Waals surface area contributed by atoms with Crippen LogP contribution in [0.3, 0.4) is 0 Å². The molecule has 2 aromatic carbocycles. The molecule has 0 unspecified atom stereocenters. The quantitative estimate of drug-likeness (QED) is 0.625. The highest BCUT2D eigenvalue weighted by Crippen LogP contribution is 2.35. The van der Waals surface area contributed by atoms with Gasteiger partial charge in [0.2, 0.25) is 0 Å². The molecule has 0 fully saturated rings. The second-order valence-electron chi connectivity index (χ2n) is 5.84. The van der Waals surface area contributed by atoms with Crippen LogP contribution in [0.4, 0.5) is 5.69 Å². The SMILES string of the molecule is COC(=O)c1ccc(C)c(NC(=O)COC(=O)c2cc(OC)c(Br)c(OC)c2)c1. The molecule has 0 saturated heterocycles. The van der Waals surface area contributed by atoms with E-state index in [4.69, 9.17) is 14.2 Å². The van der Waals surface area contributed by atoms with Crippen LogP contribution in [0.1, 0.15) is 26.3 Å². The number of halogens is 1. The van der Waals surface area contributed by atoms with Crippen LogP contribution in [0.15, 0.2) is 34.8 Å². The van der Waals surface area contributed by atoms with Crippen molar-refractivity contribution in [2.24, 2.45) is 0 Å². The van der Waals surface area contributed by atoms with E-state index >= 15 is 0 Å². The van der Waals surface area contributed by atoms with Crippen LogP contribution >= 0.6 is 15.9 Å². The van der Waals surface area contributed by atoms with Gasteiger partial charge in [0.25, 0.3) is 5.91 Å². The maximum absolute atomic E-state index is 12.3. The molecule has 0 bridgehead atoms. The van der Waals surface area contributed by atoms with E-state index in [1.165, 1.54) is 39.5 Å². The Hall–Kier alpha value is -3.07. The molecule has 0 atom stereocenters. The summed E-state index contributed by atoms with van der Waals surface area (Å²) in [6.07, 6.45) is 0. The van der Waals surface area contributed by atoms with Crippen molar-refractivity contribution in [1.82, 2.24) is 0 Å². The van der Waals surface area contributed by atoms with Crippen molar-refractivity contribution in [2.75, 3.05) is 33.3 Å². The van der Waals surface area contributed by atoms with E-state index in [1.807, 2.05) is 0 Å². The first-order chi connectivity index (χ1) is 13.8. The summed E-state index contributed by atoms with van der Waals surface area (Å²) in [6.45, 7) is 1.25. The Kier molecular flexibility index (Phi) is 7.60. The fourth-order valence-electron chi connectivity index (χ4n) is 2.39. The summed E-state index contributed by atoms with van der Waals surface area (Å²) in [5.41, 5.74) is 1.61. The van der Waals surface area contributed by atoms with E-state index in [2.05, 4.69) is 26.0 Å². The van der Waals surface area contributed by atoms with E-state index in [1.54, 1.807) is 19.1 Å². The predicted molar refractivity (Wildman–Crippen MR) is 109 cm³/mol. The van der Waals surface area contributed by atoms with Crippen LogP contribution in [0, 0.1) is 6.92 Å². The number of hydrogen-bond acceptors (Lipinski definition) is 7. The minimum atomic E-state index is -0.718. The van der Waals surface area contributed by atoms with Crippen molar-refractivity contribution in [2.45, 2.75) is 6.92 Å². The molecule has 8 nitrogen and oxygen atoms in total. The third-order valence-electron chi connectivity index (χ3n) is 3.95. The number of ether oxygens (including phenoxy) is 4. The first-order valence-electron chi connectivity index (χ1n) is 8.38. The lowest BCUT2D eigenvalue weighted by molar-refractivity contribution is -0.119. The summed E-state index contributed by atoms with van der Waals surface area (Å²) >= 11 is 3.31. The monoisotopic (exact) mass is 465 g/mol. The Morgan fingerprint density at radius 1 is 0.931 bits per heavy atom. The Morgan fingerprint density at radius 3 is 2.10 bits per heavy atom. The van der Waals surface area contributed by atoms with Gasteiger partial charge >= 0.3 is 11.9 Å². The summed E-state index contributed by atoms with van der Waals surface area (Å²) < 4.78 is 20.7. The largest absolute Gasteiger partial charge is 0.495 e. The Morgan fingerprint density at radius 2 is 1.55 bits per heavy atom. The number of benzene rings is 2. The fourth-order valence-corrected chi connectivity index (χ4v) is 2.94. The molecule has 29 heavy (non-hydrogen) atoms. The first kappa shape index (κ1) is 22.2. The zero-order valence-corrected chi connectivity index (χ0v) is 17.9. The predicted octanol–water partition coefficient (Wildman–Crippen LogP) is 3.36. The standard InChI is InChI=1S/C20H20BrNO7/c1-11-5-6-12(19(24)28-4)7-14(11)22-17(23)10-29-20(25)13-8-15(26-2)18(21)16(9-13)27-3/h5-9H,10H2,1-4H3,(H,22,23). The maximum Gasteiger partial charge on any atom is 0.338 e. The van der Waals surface area contributed by atoms with Crippen molar-refractivity contribution >= 4 is 39.5 Å². The minimum Gasteiger partial charge on any atom is -0.495 e. The normalized spacial score (nSPS) is 10.1. The van der Waals surface area contributed by atoms with Gasteiger partial charge in [0.15, 0.2) is 6.61 Å². The highest BCUT2D eigenvalue weighted by atomic mass is 79.9. The van der Waals surface area contributed by atoms with Crippen LogP contribution in [-0.4, -0.2) is 45.8 Å². The van der Waals surface area contributed by atoms with Crippen molar-refractivity contribution in [3.8, 4) is 11.5 Å². The molecule has 0 aromatic heterocycles. The highest BCUT2D eigenvalue weighted by molar-refractivity contribution is 9.10. The number of methoxy groups -OCH3 is 3. The van der Waals surface area contributed by atoms with Crippen LogP contribution in [-0.2, 0) is 14.3 Å². The molecular formula is C20H20BrNO7. The van der Waals surface area contributed by atoms with E-state index in [0.29, 0.717) is 27.2 Å². The molecule has 154 valence electrons. The lowest BCUT2D eigenvalue weighted by Crippen LogP contribution is -2.21. The topological polar surface area (TPSA) is 100 Å². The third kappa shape index (κ3) is 5.47. The van der Waals surface area contributed by atoms with Gasteiger partial charge in [-0.3, -0.25) is 4.79 Å². The molecule has 0 aliphatic rings. The van der Waals surface area contributed by atoms with Gasteiger partial charge in [-0.1, -0.05) is 6.07 Å². The minimum absolute atomic E-state index is 0.165. The number of amides is 1. The van der Waals surface area contributed by atoms with E-state index in [9.17, 15) is 14.4 Å². The Balaban J connectivity index is 2.06. The summed E-state index contributed by atoms with van der Waals surface area (Å²) in [5, 5.41) is 2.61. The molecule has 0 saturated carbocycles. The number of esters is 2. The average molecular weight is 466 g/mol. The fraction of sp³-hybridized carbons (Fsp3) is 0.250. The molecule has 2 aromatic rings. The van der Waals surface area contributed by atoms with E-state index < -0.39 is 24.5 Å². The van der Waals surface area contributed by atoms with Gasteiger partial charge < -0.3 is 24.3 Å². The molecule has 0 aliphatic heterocycles. The van der Waals surface area contributed by atoms with Crippen molar-refractivity contribution in [3.05, 3.63) is 51.5 Å². The summed E-state index contributed by atoms with van der Waals surface area (Å²) in [7, 11) is 4.17. The van der Waals surface area contributed by atoms with E-state index in [0.717, 1.165) is 5.56 Å². The third-order valence-corrected chi connectivity index (χ3v) is 4.73. The van der Waals surface area contributed by atoms with Gasteiger partial charge in [0, 0.05) is 5.69 Å². The van der Waals surface area contributed by atoms with Crippen molar-refractivity contribution < 1.29 is 33.3 Å². The molecule has 0 radical (unpaired) electrons. The van der Waals surface area contributed by atoms with Crippen molar-refractivity contribution in [3.63, 3.8) is 0 Å². The zero-order chi connectivity index (χ0) is 21.6. The molecular weight excluding hydrogens is 446 g/mol. The Bertz CT molecular complexity index is 917. The first-order valence-corrected chi connectivity index (χ1v) is 9.17. The van der Waals surface area contributed by atoms with Gasteiger partial charge in [-0.2, -0.15) is 0 Å². The summed E-state index contributed by atoms with van der Waals surface area (Å²) in [4.78, 5) is 36.1. The number of rotatable bonds is 7. The Labute approximate surface area is 176 Å². The van der Waals surface area contributed by atoms with Crippen LogP contribution in [0.2, 0.25) is 0 Å². The van der Waals surface area contributed by atoms with Gasteiger partial charge in [0.05, 0.1) is 32.5 Å². The van der Waals surface area contributed by atoms with Crippen molar-refractivity contribution in [1.29, 1.82) is 0 Å². The number of carbonyl (C=O) groups is 3. The second-order valence-corrected chi connectivity index (χ2v) is 6.63. The zero-order valence-electron chi connectivity index (χ0n) is 16.3. The van der Waals surface area contributed by atoms with Gasteiger partial charge in [-0.15, -0.1) is 0 Å². The molecule has 9 heteroatoms. The van der Waals surface area contributed by atoms with Crippen LogP contribution in [0.25, 0.3) is 0 Å². The molecule has 1 N–H and O–H groups in total. The number of nitrogens with one attached hydrogen (secondary N) is 1. The highest BCUT2D eigenvalue weighted by Gasteiger charge is 2.17. The molecule has 0 aliphatic carbocycles. The summed E-state index contributed by atoms with van der Waals surface area (Å²) in [5.74, 6) is -1.03. The average Bonchev–Trinajstić information content (AvgIpc) is 2.73. The van der Waals surface area contributed by atoms with E-state index in [-0.39, 0.29) is 5.56 Å². The maximum atomic E-state index is 12.3. The smallest absolute Gasteiger partial charge is 0.338 e. The molecule has 1 amide bonds. The molecule has 2 rings (SSSR count).